The molecule has 4 rings (SSSR count). The molecular formula is C29H25ClNO7P. The largest absolute Gasteiger partial charge is 0.464 e. The molecule has 0 saturated heterocycles. The van der Waals surface area contributed by atoms with Crippen LogP contribution in [0, 0.1) is 10.2 Å². The first kappa shape index (κ1) is 29.7. The average molecular weight is 566 g/mol. The van der Waals surface area contributed by atoms with Gasteiger partial charge in [0, 0.05) is 5.56 Å². The summed E-state index contributed by atoms with van der Waals surface area (Å²) in [6, 6.07) is 39.1. The molecule has 0 radical (unpaired) electrons. The molecule has 10 heteroatoms. The lowest BCUT2D eigenvalue weighted by Gasteiger charge is -2.25. The molecule has 0 aromatic heterocycles. The molecule has 4 aromatic rings. The SMILES string of the molecule is COC(=O)C(=C[P+](c1ccccc1)(c1ccccc1)c1ccccc1)NC(=O)c1ccccc1.[O-][Cl+3]([O-])([O-])[O-]. The summed E-state index contributed by atoms with van der Waals surface area (Å²) < 4.78 is 39.1. The van der Waals surface area contributed by atoms with Crippen LogP contribution in [0.2, 0.25) is 0 Å². The van der Waals surface area contributed by atoms with E-state index < -0.39 is 23.5 Å². The van der Waals surface area contributed by atoms with Gasteiger partial charge in [0.25, 0.3) is 5.91 Å². The van der Waals surface area contributed by atoms with Crippen LogP contribution in [0.1, 0.15) is 10.4 Å². The summed E-state index contributed by atoms with van der Waals surface area (Å²) in [7, 11) is -6.13. The molecular weight excluding hydrogens is 541 g/mol. The van der Waals surface area contributed by atoms with Crippen molar-refractivity contribution >= 4 is 35.1 Å². The number of methoxy groups -OCH3 is 1. The van der Waals surface area contributed by atoms with Crippen molar-refractivity contribution in [1.82, 2.24) is 5.32 Å². The summed E-state index contributed by atoms with van der Waals surface area (Å²) in [6.07, 6.45) is 0. The predicted molar refractivity (Wildman–Crippen MR) is 139 cm³/mol. The zero-order chi connectivity index (χ0) is 28.3. The van der Waals surface area contributed by atoms with Gasteiger partial charge in [-0.2, -0.15) is 0 Å². The molecule has 0 bridgehead atoms. The van der Waals surface area contributed by atoms with Crippen molar-refractivity contribution in [3.63, 3.8) is 0 Å². The lowest BCUT2D eigenvalue weighted by atomic mass is 10.2. The van der Waals surface area contributed by atoms with Crippen LogP contribution in [0.4, 0.5) is 0 Å². The zero-order valence-corrected chi connectivity index (χ0v) is 22.5. The number of esters is 1. The number of amides is 1. The fourth-order valence-electron chi connectivity index (χ4n) is 3.88. The molecule has 1 amide bonds. The van der Waals surface area contributed by atoms with Crippen molar-refractivity contribution in [2.75, 3.05) is 7.11 Å². The van der Waals surface area contributed by atoms with Gasteiger partial charge in [-0.1, -0.05) is 72.8 Å². The maximum atomic E-state index is 13.0. The highest BCUT2D eigenvalue weighted by Gasteiger charge is 2.45. The first-order valence-electron chi connectivity index (χ1n) is 11.5. The van der Waals surface area contributed by atoms with Crippen LogP contribution >= 0.6 is 7.26 Å². The molecule has 39 heavy (non-hydrogen) atoms. The van der Waals surface area contributed by atoms with E-state index in [1.807, 2.05) is 66.5 Å². The second kappa shape index (κ2) is 13.8. The van der Waals surface area contributed by atoms with Crippen LogP contribution in [-0.2, 0) is 9.53 Å². The van der Waals surface area contributed by atoms with E-state index in [1.54, 1.807) is 24.3 Å². The summed E-state index contributed by atoms with van der Waals surface area (Å²) in [4.78, 5) is 26.0. The third-order valence-corrected chi connectivity index (χ3v) is 9.49. The third kappa shape index (κ3) is 8.30. The van der Waals surface area contributed by atoms with Gasteiger partial charge in [0.1, 0.15) is 29.0 Å². The predicted octanol–water partition coefficient (Wildman–Crippen LogP) is -0.331. The van der Waals surface area contributed by atoms with E-state index in [0.717, 1.165) is 15.9 Å². The van der Waals surface area contributed by atoms with Crippen LogP contribution in [0.5, 0.6) is 0 Å². The van der Waals surface area contributed by atoms with Crippen LogP contribution in [0.25, 0.3) is 0 Å². The van der Waals surface area contributed by atoms with Crippen molar-refractivity contribution < 1.29 is 43.2 Å². The van der Waals surface area contributed by atoms with Crippen molar-refractivity contribution in [1.29, 1.82) is 0 Å². The second-order valence-corrected chi connectivity index (χ2v) is 12.0. The Labute approximate surface area is 228 Å². The van der Waals surface area contributed by atoms with Crippen molar-refractivity contribution in [3.05, 3.63) is 138 Å². The first-order valence-corrected chi connectivity index (χ1v) is 14.6. The molecule has 0 atom stereocenters. The summed E-state index contributed by atoms with van der Waals surface area (Å²) in [5, 5.41) is 6.00. The van der Waals surface area contributed by atoms with E-state index in [-0.39, 0.29) is 11.6 Å². The minimum Gasteiger partial charge on any atom is -0.464 e. The summed E-state index contributed by atoms with van der Waals surface area (Å²) in [5.41, 5.74) is 0.571. The van der Waals surface area contributed by atoms with Crippen molar-refractivity contribution in [3.8, 4) is 0 Å². The molecule has 0 heterocycles. The van der Waals surface area contributed by atoms with Crippen LogP contribution in [0.15, 0.2) is 133 Å². The number of ether oxygens (including phenoxy) is 1. The maximum Gasteiger partial charge on any atom is 0.358 e. The maximum absolute atomic E-state index is 13.0. The van der Waals surface area contributed by atoms with Crippen LogP contribution < -0.4 is 39.9 Å². The van der Waals surface area contributed by atoms with Gasteiger partial charge in [0.2, 0.25) is 0 Å². The number of benzene rings is 4. The van der Waals surface area contributed by atoms with Gasteiger partial charge in [-0.05, 0) is 48.5 Å². The smallest absolute Gasteiger partial charge is 0.358 e. The average Bonchev–Trinajstić information content (AvgIpc) is 2.96. The van der Waals surface area contributed by atoms with Crippen LogP contribution in [0.3, 0.4) is 0 Å². The van der Waals surface area contributed by atoms with Crippen molar-refractivity contribution in [2.24, 2.45) is 0 Å². The fraction of sp³-hybridized carbons (Fsp3) is 0.0345. The standard InChI is InChI=1S/C29H24NO3P.ClHO4/c1-33-29(32)27(30-28(31)23-14-6-2-7-15-23)22-34(24-16-8-3-9-17-24,25-18-10-4-11-19-25)26-20-12-5-13-21-26;2-1(3,4)5/h2-22H,1H3;(H,2,3,4,5). The molecule has 1 N–H and O–H groups in total. The molecule has 0 aliphatic rings. The summed E-state index contributed by atoms with van der Waals surface area (Å²) in [5.74, 6) is 0.931. The molecule has 4 aromatic carbocycles. The lowest BCUT2D eigenvalue weighted by Crippen LogP contribution is -2.68. The van der Waals surface area contributed by atoms with Gasteiger partial charge in [-0.25, -0.2) is 23.4 Å². The Morgan fingerprint density at radius 1 is 0.667 bits per heavy atom. The molecule has 0 unspecified atom stereocenters. The Hall–Kier alpha value is -3.88. The lowest BCUT2D eigenvalue weighted by molar-refractivity contribution is -2.00. The molecule has 0 aliphatic carbocycles. The highest BCUT2D eigenvalue weighted by molar-refractivity contribution is 7.98. The van der Waals surface area contributed by atoms with E-state index in [0.29, 0.717) is 5.56 Å². The number of hydrogen-bond donors (Lipinski definition) is 1. The van der Waals surface area contributed by atoms with E-state index in [4.69, 9.17) is 23.4 Å². The number of carbonyl (C=O) groups excluding carboxylic acids is 2. The van der Waals surface area contributed by atoms with Gasteiger partial charge in [0.05, 0.1) is 7.11 Å². The fourth-order valence-corrected chi connectivity index (χ4v) is 7.71. The first-order chi connectivity index (χ1) is 18.6. The van der Waals surface area contributed by atoms with E-state index in [1.165, 1.54) is 7.11 Å². The number of carbonyl (C=O) groups is 2. The highest BCUT2D eigenvalue weighted by Crippen LogP contribution is 2.57. The van der Waals surface area contributed by atoms with E-state index in [2.05, 4.69) is 41.7 Å². The monoisotopic (exact) mass is 565 g/mol. The summed E-state index contributed by atoms with van der Waals surface area (Å²) in [6.45, 7) is 0. The Morgan fingerprint density at radius 3 is 1.33 bits per heavy atom. The Morgan fingerprint density at radius 2 is 1.00 bits per heavy atom. The zero-order valence-electron chi connectivity index (χ0n) is 20.8. The highest BCUT2D eigenvalue weighted by atomic mass is 35.7. The summed E-state index contributed by atoms with van der Waals surface area (Å²) >= 11 is 0. The molecule has 0 fully saturated rings. The minimum atomic E-state index is -4.94. The quantitative estimate of drug-likeness (QED) is 0.183. The second-order valence-electron chi connectivity index (χ2n) is 7.96. The molecule has 200 valence electrons. The third-order valence-electron chi connectivity index (χ3n) is 5.50. The van der Waals surface area contributed by atoms with Crippen LogP contribution in [-0.4, -0.2) is 19.0 Å². The minimum absolute atomic E-state index is 0.112. The normalized spacial score (nSPS) is 11.6. The Balaban J connectivity index is 0.000000771. The van der Waals surface area contributed by atoms with Gasteiger partial charge < -0.3 is 10.1 Å². The van der Waals surface area contributed by atoms with Crippen molar-refractivity contribution in [2.45, 2.75) is 0 Å². The van der Waals surface area contributed by atoms with Gasteiger partial charge >= 0.3 is 5.97 Å². The number of halogens is 1. The van der Waals surface area contributed by atoms with Gasteiger partial charge in [-0.15, -0.1) is 10.2 Å². The Kier molecular flexibility index (Phi) is 10.5. The molecule has 0 aliphatic heterocycles. The number of rotatable bonds is 7. The topological polar surface area (TPSA) is 148 Å². The number of hydrogen-bond acceptors (Lipinski definition) is 7. The molecule has 0 spiro atoms. The molecule has 8 nitrogen and oxygen atoms in total. The number of nitrogens with one attached hydrogen (secondary N) is 1. The molecule has 0 saturated carbocycles. The van der Waals surface area contributed by atoms with Gasteiger partial charge in [0.15, 0.2) is 5.70 Å². The Bertz CT molecular complexity index is 1280. The van der Waals surface area contributed by atoms with Gasteiger partial charge in [-0.3, -0.25) is 4.79 Å². The van der Waals surface area contributed by atoms with E-state index >= 15 is 0 Å². The van der Waals surface area contributed by atoms with E-state index in [9.17, 15) is 9.59 Å².